The molecule has 29 heavy (non-hydrogen) atoms. The number of rotatable bonds is 5. The molecule has 0 saturated heterocycles. The van der Waals surface area contributed by atoms with Gasteiger partial charge in [-0.15, -0.1) is 0 Å². The van der Waals surface area contributed by atoms with Crippen molar-refractivity contribution < 1.29 is 18.4 Å². The highest BCUT2D eigenvalue weighted by Crippen LogP contribution is 2.35. The summed E-state index contributed by atoms with van der Waals surface area (Å²) in [6.45, 7) is 0. The average molecular weight is 387 g/mol. The van der Waals surface area contributed by atoms with Gasteiger partial charge in [0, 0.05) is 16.8 Å². The van der Waals surface area contributed by atoms with Crippen molar-refractivity contribution in [2.75, 3.05) is 17.2 Å². The van der Waals surface area contributed by atoms with Gasteiger partial charge < -0.3 is 26.0 Å². The zero-order valence-electron chi connectivity index (χ0n) is 15.2. The van der Waals surface area contributed by atoms with E-state index >= 15 is 0 Å². The van der Waals surface area contributed by atoms with E-state index in [0.29, 0.717) is 16.7 Å². The molecule has 0 unspecified atom stereocenters. The van der Waals surface area contributed by atoms with Crippen molar-refractivity contribution in [2.24, 2.45) is 0 Å². The van der Waals surface area contributed by atoms with Gasteiger partial charge in [0.1, 0.15) is 0 Å². The maximum absolute atomic E-state index is 12.5. The Kier molecular flexibility index (Phi) is 4.40. The van der Waals surface area contributed by atoms with Crippen molar-refractivity contribution in [1.29, 1.82) is 0 Å². The molecule has 144 valence electrons. The molecule has 0 bridgehead atoms. The van der Waals surface area contributed by atoms with Crippen LogP contribution >= 0.6 is 0 Å². The first kappa shape index (κ1) is 18.1. The van der Waals surface area contributed by atoms with E-state index in [1.54, 1.807) is 54.6 Å². The molecule has 0 radical (unpaired) electrons. The average Bonchev–Trinajstić information content (AvgIpc) is 3.43. The third-order valence-electron chi connectivity index (χ3n) is 4.63. The minimum atomic E-state index is -0.357. The zero-order chi connectivity index (χ0) is 20.5. The largest absolute Gasteiger partial charge is 0.461 e. The smallest absolute Gasteiger partial charge is 0.230 e. The number of nitrogen functional groups attached to an aromatic ring is 3. The Labute approximate surface area is 165 Å². The summed E-state index contributed by atoms with van der Waals surface area (Å²) in [5, 5.41) is 0. The van der Waals surface area contributed by atoms with E-state index in [0.717, 1.165) is 0 Å². The zero-order valence-corrected chi connectivity index (χ0v) is 15.2. The summed E-state index contributed by atoms with van der Waals surface area (Å²) < 4.78 is 10.3. The van der Waals surface area contributed by atoms with E-state index in [1.807, 2.05) is 0 Å². The van der Waals surface area contributed by atoms with Crippen LogP contribution in [0.15, 0.2) is 76.0 Å². The minimum Gasteiger partial charge on any atom is -0.461 e. The van der Waals surface area contributed by atoms with Gasteiger partial charge in [-0.05, 0) is 48.0 Å². The maximum Gasteiger partial charge on any atom is 0.230 e. The Morgan fingerprint density at radius 3 is 1.83 bits per heavy atom. The van der Waals surface area contributed by atoms with Crippen molar-refractivity contribution in [3.05, 3.63) is 89.8 Å². The van der Waals surface area contributed by atoms with Crippen molar-refractivity contribution >= 4 is 28.6 Å². The highest BCUT2D eigenvalue weighted by molar-refractivity contribution is 6.13. The van der Waals surface area contributed by atoms with E-state index in [4.69, 9.17) is 26.0 Å². The summed E-state index contributed by atoms with van der Waals surface area (Å²) in [6.07, 6.45) is 2.84. The van der Waals surface area contributed by atoms with Crippen LogP contribution in [0.1, 0.15) is 32.2 Å². The normalized spacial score (nSPS) is 10.8. The van der Waals surface area contributed by atoms with Gasteiger partial charge in [-0.3, -0.25) is 9.59 Å². The van der Waals surface area contributed by atoms with Gasteiger partial charge in [-0.2, -0.15) is 0 Å². The van der Waals surface area contributed by atoms with Gasteiger partial charge >= 0.3 is 0 Å². The summed E-state index contributed by atoms with van der Waals surface area (Å²) in [5.41, 5.74) is 20.9. The molecule has 0 aliphatic heterocycles. The molecule has 0 aliphatic carbocycles. The number of anilines is 3. The molecular formula is C22H17N3O4. The Balaban J connectivity index is 1.70. The van der Waals surface area contributed by atoms with E-state index in [9.17, 15) is 9.59 Å². The SMILES string of the molecule is Nc1cc(-c2ccc(C(=O)c3ccco3)c(N)c2N)ccc1C(=O)c1ccco1. The molecule has 0 aliphatic rings. The van der Waals surface area contributed by atoms with Gasteiger partial charge in [0.25, 0.3) is 0 Å². The predicted octanol–water partition coefficient (Wildman–Crippen LogP) is 3.75. The van der Waals surface area contributed by atoms with E-state index in [1.165, 1.54) is 12.5 Å². The number of carbonyl (C=O) groups excluding carboxylic acids is 2. The number of hydrogen-bond donors (Lipinski definition) is 3. The fraction of sp³-hybridized carbons (Fsp3) is 0. The standard InChI is InChI=1S/C22H17N3O4/c23-16-11-12(5-6-14(16)21(26)17-3-1-9-28-17)13-7-8-15(20(25)19(13)24)22(27)18-4-2-10-29-18/h1-11H,23-25H2. The second-order valence-corrected chi connectivity index (χ2v) is 6.40. The lowest BCUT2D eigenvalue weighted by atomic mass is 9.95. The molecule has 0 fully saturated rings. The fourth-order valence-corrected chi connectivity index (χ4v) is 3.10. The second kappa shape index (κ2) is 7.05. The topological polar surface area (TPSA) is 138 Å². The lowest BCUT2D eigenvalue weighted by Gasteiger charge is -2.13. The number of hydrogen-bond acceptors (Lipinski definition) is 7. The molecule has 0 amide bonds. The van der Waals surface area contributed by atoms with Crippen LogP contribution in [0, 0.1) is 0 Å². The van der Waals surface area contributed by atoms with E-state index in [2.05, 4.69) is 0 Å². The van der Waals surface area contributed by atoms with Gasteiger partial charge in [-0.1, -0.05) is 12.1 Å². The molecule has 4 aromatic rings. The summed E-state index contributed by atoms with van der Waals surface area (Å²) in [6, 6.07) is 14.6. The third kappa shape index (κ3) is 3.14. The molecular weight excluding hydrogens is 370 g/mol. The predicted molar refractivity (Wildman–Crippen MR) is 109 cm³/mol. The van der Waals surface area contributed by atoms with Gasteiger partial charge in [-0.25, -0.2) is 0 Å². The Hall–Kier alpha value is -4.26. The van der Waals surface area contributed by atoms with Gasteiger partial charge in [0.05, 0.1) is 29.5 Å². The molecule has 2 aromatic heterocycles. The minimum absolute atomic E-state index is 0.151. The van der Waals surface area contributed by atoms with Crippen LogP contribution in [0.4, 0.5) is 17.1 Å². The highest BCUT2D eigenvalue weighted by Gasteiger charge is 2.20. The molecule has 7 heteroatoms. The van der Waals surface area contributed by atoms with Crippen LogP contribution in [0.25, 0.3) is 11.1 Å². The van der Waals surface area contributed by atoms with Gasteiger partial charge in [0.2, 0.25) is 11.6 Å². The third-order valence-corrected chi connectivity index (χ3v) is 4.63. The van der Waals surface area contributed by atoms with E-state index in [-0.39, 0.29) is 45.7 Å². The fourth-order valence-electron chi connectivity index (χ4n) is 3.10. The summed E-state index contributed by atoms with van der Waals surface area (Å²) in [7, 11) is 0. The molecule has 4 rings (SSSR count). The van der Waals surface area contributed by atoms with Crippen LogP contribution in [-0.2, 0) is 0 Å². The van der Waals surface area contributed by atoms with Crippen LogP contribution in [0.5, 0.6) is 0 Å². The Bertz CT molecular complexity index is 1210. The first-order valence-electron chi connectivity index (χ1n) is 8.71. The monoisotopic (exact) mass is 387 g/mol. The van der Waals surface area contributed by atoms with Crippen LogP contribution in [0.3, 0.4) is 0 Å². The van der Waals surface area contributed by atoms with E-state index < -0.39 is 0 Å². The van der Waals surface area contributed by atoms with Crippen LogP contribution < -0.4 is 17.2 Å². The maximum atomic E-state index is 12.5. The van der Waals surface area contributed by atoms with Crippen LogP contribution in [0.2, 0.25) is 0 Å². The van der Waals surface area contributed by atoms with Crippen LogP contribution in [-0.4, -0.2) is 11.6 Å². The lowest BCUT2D eigenvalue weighted by Crippen LogP contribution is -2.08. The number of benzene rings is 2. The quantitative estimate of drug-likeness (QED) is 0.350. The van der Waals surface area contributed by atoms with Crippen molar-refractivity contribution in [3.63, 3.8) is 0 Å². The summed E-state index contributed by atoms with van der Waals surface area (Å²) in [4.78, 5) is 25.0. The first-order chi connectivity index (χ1) is 14.0. The summed E-state index contributed by atoms with van der Waals surface area (Å²) in [5.74, 6) is -0.293. The van der Waals surface area contributed by atoms with Crippen molar-refractivity contribution in [3.8, 4) is 11.1 Å². The molecule has 0 atom stereocenters. The second-order valence-electron chi connectivity index (χ2n) is 6.40. The highest BCUT2D eigenvalue weighted by atomic mass is 16.3. The number of furan rings is 2. The molecule has 2 heterocycles. The van der Waals surface area contributed by atoms with Crippen molar-refractivity contribution in [2.45, 2.75) is 0 Å². The molecule has 0 saturated carbocycles. The lowest BCUT2D eigenvalue weighted by molar-refractivity contribution is 0.100. The Morgan fingerprint density at radius 2 is 1.28 bits per heavy atom. The molecule has 0 spiro atoms. The Morgan fingerprint density at radius 1 is 0.690 bits per heavy atom. The first-order valence-corrected chi connectivity index (χ1v) is 8.71. The summed E-state index contributed by atoms with van der Waals surface area (Å²) >= 11 is 0. The molecule has 2 aromatic carbocycles. The molecule has 6 N–H and O–H groups in total. The van der Waals surface area contributed by atoms with Crippen molar-refractivity contribution in [1.82, 2.24) is 0 Å². The van der Waals surface area contributed by atoms with Gasteiger partial charge in [0.15, 0.2) is 11.5 Å². The number of ketones is 2. The number of carbonyl (C=O) groups is 2. The number of nitrogens with two attached hydrogens (primary N) is 3. The molecule has 7 nitrogen and oxygen atoms in total.